The van der Waals surface area contributed by atoms with Gasteiger partial charge in [0.2, 0.25) is 17.7 Å². The Balaban J connectivity index is 2.47. The number of imide groups is 1. The number of rotatable bonds is 16. The second-order valence-corrected chi connectivity index (χ2v) is 7.35. The van der Waals surface area contributed by atoms with E-state index in [0.29, 0.717) is 19.9 Å². The average molecular weight is 434 g/mol. The molecule has 1 aliphatic rings. The van der Waals surface area contributed by atoms with Crippen LogP contribution in [0.2, 0.25) is 0 Å². The molecule has 0 aromatic carbocycles. The third kappa shape index (κ3) is 9.22. The number of ketones is 1. The third-order valence-corrected chi connectivity index (χ3v) is 5.12. The van der Waals surface area contributed by atoms with Crippen LogP contribution in [0.5, 0.6) is 0 Å². The van der Waals surface area contributed by atoms with Crippen molar-refractivity contribution in [2.45, 2.75) is 44.1 Å². The number of hydrogen-bond donors (Lipinski definition) is 3. The van der Waals surface area contributed by atoms with E-state index in [1.165, 1.54) is 16.7 Å². The van der Waals surface area contributed by atoms with Crippen molar-refractivity contribution in [2.24, 2.45) is 0 Å². The van der Waals surface area contributed by atoms with Crippen LogP contribution in [-0.2, 0) is 28.7 Å². The summed E-state index contributed by atoms with van der Waals surface area (Å²) in [6.45, 7) is 3.21. The quantitative estimate of drug-likeness (QED) is 0.163. The Kier molecular flexibility index (Phi) is 12.7. The number of nitrogens with one attached hydrogen (secondary N) is 2. The van der Waals surface area contributed by atoms with Crippen molar-refractivity contribution in [3.05, 3.63) is 0 Å². The smallest absolute Gasteiger partial charge is 0.242 e. The van der Waals surface area contributed by atoms with Crippen LogP contribution in [0.25, 0.3) is 0 Å². The molecule has 1 fully saturated rings. The maximum atomic E-state index is 12.5. The highest BCUT2D eigenvalue weighted by atomic mass is 32.2. The Morgan fingerprint density at radius 1 is 1.34 bits per heavy atom. The normalized spacial score (nSPS) is 17.6. The molecule has 0 saturated carbocycles. The molecule has 3 N–H and O–H groups in total. The minimum absolute atomic E-state index is 0.0391. The van der Waals surface area contributed by atoms with Crippen molar-refractivity contribution in [1.29, 1.82) is 0 Å². The first-order valence-electron chi connectivity index (χ1n) is 9.64. The number of aliphatic hydroxyl groups excluding tert-OH is 1. The highest BCUT2D eigenvalue weighted by Crippen LogP contribution is 2.23. The Morgan fingerprint density at radius 3 is 2.72 bits per heavy atom. The Bertz CT molecular complexity index is 562. The van der Waals surface area contributed by atoms with Crippen LogP contribution in [-0.4, -0.2) is 90.9 Å². The van der Waals surface area contributed by atoms with Gasteiger partial charge < -0.3 is 19.9 Å². The minimum atomic E-state index is -1.15. The van der Waals surface area contributed by atoms with Gasteiger partial charge >= 0.3 is 0 Å². The molecule has 1 saturated heterocycles. The maximum Gasteiger partial charge on any atom is 0.242 e. The molecular formula is C18H31N3O7S. The van der Waals surface area contributed by atoms with Crippen molar-refractivity contribution in [3.8, 4) is 0 Å². The third-order valence-electron chi connectivity index (χ3n) is 4.19. The van der Waals surface area contributed by atoms with E-state index >= 15 is 0 Å². The van der Waals surface area contributed by atoms with E-state index in [2.05, 4.69) is 10.6 Å². The largest absolute Gasteiger partial charge is 0.396 e. The van der Waals surface area contributed by atoms with Gasteiger partial charge in [0.05, 0.1) is 25.2 Å². The van der Waals surface area contributed by atoms with Gasteiger partial charge in [0.15, 0.2) is 12.0 Å². The first kappa shape index (κ1) is 25.5. The van der Waals surface area contributed by atoms with Crippen molar-refractivity contribution >= 4 is 35.3 Å². The van der Waals surface area contributed by atoms with Crippen molar-refractivity contribution in [1.82, 2.24) is 15.5 Å². The topological polar surface area (TPSA) is 134 Å². The van der Waals surface area contributed by atoms with Crippen molar-refractivity contribution in [2.75, 3.05) is 45.9 Å². The Hall–Kier alpha value is -1.53. The van der Waals surface area contributed by atoms with Gasteiger partial charge in [-0.15, -0.1) is 0 Å². The number of aliphatic hydroxyl groups is 1. The fraction of sp³-hybridized carbons (Fsp3) is 0.778. The first-order valence-corrected chi connectivity index (χ1v) is 10.9. The average Bonchev–Trinajstić information content (AvgIpc) is 2.97. The second-order valence-electron chi connectivity index (χ2n) is 6.31. The van der Waals surface area contributed by atoms with Gasteiger partial charge in [-0.3, -0.25) is 29.4 Å². The molecule has 2 unspecified atom stereocenters. The summed E-state index contributed by atoms with van der Waals surface area (Å²) in [6.07, 6.45) is 1.01. The lowest BCUT2D eigenvalue weighted by molar-refractivity contribution is -0.141. The number of nitrogens with zero attached hydrogens (tertiary/aromatic N) is 1. The highest BCUT2D eigenvalue weighted by molar-refractivity contribution is 8.00. The molecule has 0 aliphatic carbocycles. The second kappa shape index (κ2) is 14.5. The van der Waals surface area contributed by atoms with E-state index < -0.39 is 12.1 Å². The lowest BCUT2D eigenvalue weighted by Crippen LogP contribution is -2.44. The van der Waals surface area contributed by atoms with Gasteiger partial charge in [0, 0.05) is 39.0 Å². The molecule has 11 heteroatoms. The minimum Gasteiger partial charge on any atom is -0.396 e. The van der Waals surface area contributed by atoms with E-state index in [-0.39, 0.29) is 68.3 Å². The predicted molar refractivity (Wildman–Crippen MR) is 107 cm³/mol. The summed E-state index contributed by atoms with van der Waals surface area (Å²) in [4.78, 5) is 49.4. The van der Waals surface area contributed by atoms with Gasteiger partial charge in [-0.25, -0.2) is 0 Å². The molecule has 0 radical (unpaired) electrons. The molecule has 29 heavy (non-hydrogen) atoms. The molecule has 3 amide bonds. The van der Waals surface area contributed by atoms with Crippen LogP contribution in [0.3, 0.4) is 0 Å². The molecule has 0 aromatic heterocycles. The van der Waals surface area contributed by atoms with Crippen molar-refractivity contribution < 1.29 is 33.8 Å². The van der Waals surface area contributed by atoms with E-state index in [1.807, 2.05) is 6.92 Å². The zero-order valence-electron chi connectivity index (χ0n) is 17.0. The van der Waals surface area contributed by atoms with Crippen molar-refractivity contribution in [3.63, 3.8) is 0 Å². The van der Waals surface area contributed by atoms with Crippen LogP contribution >= 0.6 is 11.8 Å². The molecule has 1 aliphatic heterocycles. The molecule has 0 bridgehead atoms. The monoisotopic (exact) mass is 433 g/mol. The van der Waals surface area contributed by atoms with Crippen LogP contribution < -0.4 is 10.6 Å². The molecule has 1 heterocycles. The molecule has 10 nitrogen and oxygen atoms in total. The zero-order chi connectivity index (χ0) is 21.6. The van der Waals surface area contributed by atoms with Crippen LogP contribution in [0.15, 0.2) is 0 Å². The number of carbonyl (C=O) groups excluding carboxylic acids is 4. The first-order chi connectivity index (χ1) is 13.9. The fourth-order valence-corrected chi connectivity index (χ4v) is 3.28. The maximum absolute atomic E-state index is 12.5. The molecule has 0 spiro atoms. The number of ether oxygens (including phenoxy) is 2. The van der Waals surface area contributed by atoms with Gasteiger partial charge in [-0.2, -0.15) is 11.8 Å². The molecule has 0 aromatic rings. The van der Waals surface area contributed by atoms with Gasteiger partial charge in [-0.05, 0) is 19.6 Å². The molecule has 2 atom stereocenters. The van der Waals surface area contributed by atoms with Gasteiger partial charge in [0.1, 0.15) is 0 Å². The predicted octanol–water partition coefficient (Wildman–Crippen LogP) is -0.749. The van der Waals surface area contributed by atoms with Gasteiger partial charge in [-0.1, -0.05) is 0 Å². The van der Waals surface area contributed by atoms with Gasteiger partial charge in [0.25, 0.3) is 0 Å². The Labute approximate surface area is 175 Å². The number of hydrogen-bond acceptors (Lipinski definition) is 9. The molecule has 1 rings (SSSR count). The number of amides is 3. The summed E-state index contributed by atoms with van der Waals surface area (Å²) >= 11 is 1.34. The summed E-state index contributed by atoms with van der Waals surface area (Å²) < 4.78 is 10.6. The zero-order valence-corrected chi connectivity index (χ0v) is 17.8. The fourth-order valence-electron chi connectivity index (χ4n) is 2.64. The summed E-state index contributed by atoms with van der Waals surface area (Å²) in [5.41, 5.74) is 0. The lowest BCUT2D eigenvalue weighted by Gasteiger charge is -2.19. The highest BCUT2D eigenvalue weighted by Gasteiger charge is 2.37. The number of thioether (sulfide) groups is 1. The summed E-state index contributed by atoms with van der Waals surface area (Å²) in [5, 5.41) is 13.9. The van der Waals surface area contributed by atoms with Crippen LogP contribution in [0, 0.1) is 0 Å². The van der Waals surface area contributed by atoms with E-state index in [9.17, 15) is 19.2 Å². The number of carbonyl (C=O) groups is 4. The summed E-state index contributed by atoms with van der Waals surface area (Å²) in [7, 11) is 0. The molecular weight excluding hydrogens is 402 g/mol. The number of likely N-dealkylation sites (tertiary alicyclic amines) is 1. The SMILES string of the molecule is CCOCNCCOC(NC(=O)CCO)C(=O)CCCN1C(=O)CC(SC)C1=O. The molecule has 166 valence electrons. The number of Topliss-reactive ketones (excluding diaryl/α,β-unsaturated/α-hetero) is 1. The standard InChI is InChI=1S/C18H31N3O7S/c1-3-27-12-19-7-10-28-17(20-15(24)6-9-22)13(23)5-4-8-21-16(25)11-14(29-2)18(21)26/h14,17,19,22H,3-12H2,1-2H3,(H,20,24). The van der Waals surface area contributed by atoms with E-state index in [0.717, 1.165) is 0 Å². The summed E-state index contributed by atoms with van der Waals surface area (Å²) in [6, 6.07) is 0. The van der Waals surface area contributed by atoms with Crippen LogP contribution in [0.1, 0.15) is 32.6 Å². The lowest BCUT2D eigenvalue weighted by atomic mass is 10.2. The van der Waals surface area contributed by atoms with E-state index in [4.69, 9.17) is 14.6 Å². The Morgan fingerprint density at radius 2 is 2.10 bits per heavy atom. The van der Waals surface area contributed by atoms with E-state index in [1.54, 1.807) is 6.26 Å². The van der Waals surface area contributed by atoms with Crippen LogP contribution in [0.4, 0.5) is 0 Å². The summed E-state index contributed by atoms with van der Waals surface area (Å²) in [5.74, 6) is -1.31.